The Morgan fingerprint density at radius 3 is 2.68 bits per heavy atom. The van der Waals surface area contributed by atoms with Crippen LogP contribution in [0.15, 0.2) is 29.3 Å². The standard InChI is InChI=1S/C20H29ClN4O2.HI/c1-25(2)18(26)13-23-19(22-12-15-6-5-11-27-15)24-14-20(9-10-20)16-7-3-4-8-17(16)21;/h3-4,7-8,15H,5-6,9-14H2,1-2H3,(H2,22,23,24);1H. The molecule has 2 aliphatic rings. The summed E-state index contributed by atoms with van der Waals surface area (Å²) in [4.78, 5) is 17.9. The lowest BCUT2D eigenvalue weighted by atomic mass is 9.96. The summed E-state index contributed by atoms with van der Waals surface area (Å²) in [6.45, 7) is 2.37. The largest absolute Gasteiger partial charge is 0.376 e. The lowest BCUT2D eigenvalue weighted by Gasteiger charge is -2.21. The van der Waals surface area contributed by atoms with Gasteiger partial charge in [-0.25, -0.2) is 4.99 Å². The highest BCUT2D eigenvalue weighted by molar-refractivity contribution is 14.0. The van der Waals surface area contributed by atoms with Crippen LogP contribution in [0.25, 0.3) is 0 Å². The maximum Gasteiger partial charge on any atom is 0.243 e. The summed E-state index contributed by atoms with van der Waals surface area (Å²) in [5, 5.41) is 7.56. The van der Waals surface area contributed by atoms with E-state index in [4.69, 9.17) is 16.3 Å². The second-order valence-electron chi connectivity index (χ2n) is 7.58. The van der Waals surface area contributed by atoms with Crippen LogP contribution in [0.3, 0.4) is 0 Å². The third kappa shape index (κ3) is 6.22. The van der Waals surface area contributed by atoms with Crippen LogP contribution in [-0.2, 0) is 14.9 Å². The Balaban J connectivity index is 0.00000280. The predicted octanol–water partition coefficient (Wildman–Crippen LogP) is 2.79. The van der Waals surface area contributed by atoms with E-state index in [1.54, 1.807) is 19.0 Å². The van der Waals surface area contributed by atoms with Gasteiger partial charge in [0, 0.05) is 44.2 Å². The van der Waals surface area contributed by atoms with Crippen molar-refractivity contribution in [1.82, 2.24) is 15.5 Å². The molecule has 1 aliphatic heterocycles. The van der Waals surface area contributed by atoms with Crippen molar-refractivity contribution < 1.29 is 9.53 Å². The zero-order chi connectivity index (χ0) is 19.3. The topological polar surface area (TPSA) is 66.0 Å². The molecular weight excluding hydrogens is 491 g/mol. The second-order valence-corrected chi connectivity index (χ2v) is 7.99. The predicted molar refractivity (Wildman–Crippen MR) is 124 cm³/mol. The number of hydrogen-bond acceptors (Lipinski definition) is 3. The third-order valence-electron chi connectivity index (χ3n) is 5.29. The van der Waals surface area contributed by atoms with Crippen molar-refractivity contribution in [3.05, 3.63) is 34.9 Å². The summed E-state index contributed by atoms with van der Waals surface area (Å²) in [5.41, 5.74) is 1.23. The molecule has 0 spiro atoms. The quantitative estimate of drug-likeness (QED) is 0.330. The zero-order valence-corrected chi connectivity index (χ0v) is 19.6. The zero-order valence-electron chi connectivity index (χ0n) is 16.5. The Labute approximate surface area is 189 Å². The summed E-state index contributed by atoms with van der Waals surface area (Å²) in [7, 11) is 3.47. The van der Waals surface area contributed by atoms with Crippen molar-refractivity contribution in [3.63, 3.8) is 0 Å². The van der Waals surface area contributed by atoms with Crippen molar-refractivity contribution in [2.24, 2.45) is 4.99 Å². The number of carbonyl (C=O) groups excluding carboxylic acids is 1. The van der Waals surface area contributed by atoms with Crippen LogP contribution in [0.2, 0.25) is 5.02 Å². The maximum absolute atomic E-state index is 11.9. The number of guanidine groups is 1. The maximum atomic E-state index is 11.9. The summed E-state index contributed by atoms with van der Waals surface area (Å²) < 4.78 is 5.67. The SMILES string of the molecule is CN(C)C(=O)CN=C(NCC1CCCO1)NCC1(c2ccccc2Cl)CC1.I. The highest BCUT2D eigenvalue weighted by Crippen LogP contribution is 2.49. The molecule has 1 saturated heterocycles. The Kier molecular flexibility index (Phi) is 8.82. The smallest absolute Gasteiger partial charge is 0.243 e. The van der Waals surface area contributed by atoms with Gasteiger partial charge in [-0.15, -0.1) is 24.0 Å². The van der Waals surface area contributed by atoms with E-state index in [1.165, 1.54) is 5.56 Å². The van der Waals surface area contributed by atoms with Gasteiger partial charge in [-0.3, -0.25) is 4.79 Å². The first kappa shape index (κ1) is 23.2. The number of rotatable bonds is 7. The molecule has 1 heterocycles. The molecule has 2 N–H and O–H groups in total. The van der Waals surface area contributed by atoms with Gasteiger partial charge in [0.15, 0.2) is 5.96 Å². The average Bonchev–Trinajstić information content (AvgIpc) is 3.25. The van der Waals surface area contributed by atoms with Crippen LogP contribution in [0.4, 0.5) is 0 Å². The minimum Gasteiger partial charge on any atom is -0.376 e. The number of nitrogens with zero attached hydrogens (tertiary/aromatic N) is 2. The number of likely N-dealkylation sites (N-methyl/N-ethyl adjacent to an activating group) is 1. The van der Waals surface area contributed by atoms with Crippen LogP contribution >= 0.6 is 35.6 Å². The van der Waals surface area contributed by atoms with E-state index in [9.17, 15) is 4.79 Å². The fourth-order valence-corrected chi connectivity index (χ4v) is 3.65. The van der Waals surface area contributed by atoms with Crippen LogP contribution in [-0.4, -0.2) is 63.2 Å². The lowest BCUT2D eigenvalue weighted by molar-refractivity contribution is -0.127. The van der Waals surface area contributed by atoms with Gasteiger partial charge in [0.1, 0.15) is 6.54 Å². The molecule has 1 aromatic carbocycles. The minimum absolute atomic E-state index is 0. The number of hydrogen-bond donors (Lipinski definition) is 2. The molecule has 1 amide bonds. The molecule has 8 heteroatoms. The second kappa shape index (κ2) is 10.6. The molecule has 0 aromatic heterocycles. The number of halogens is 2. The Morgan fingerprint density at radius 1 is 1.32 bits per heavy atom. The number of amides is 1. The van der Waals surface area contributed by atoms with Gasteiger partial charge in [0.2, 0.25) is 5.91 Å². The van der Waals surface area contributed by atoms with Crippen LogP contribution in [0, 0.1) is 0 Å². The highest BCUT2D eigenvalue weighted by Gasteiger charge is 2.45. The molecule has 0 radical (unpaired) electrons. The monoisotopic (exact) mass is 520 g/mol. The molecular formula is C20H30ClIN4O2. The molecule has 6 nitrogen and oxygen atoms in total. The number of aliphatic imine (C=N–C) groups is 1. The molecule has 1 aliphatic carbocycles. The van der Waals surface area contributed by atoms with E-state index in [0.29, 0.717) is 12.5 Å². The van der Waals surface area contributed by atoms with Gasteiger partial charge in [0.05, 0.1) is 6.10 Å². The Hall–Kier alpha value is -1.06. The molecule has 1 atom stereocenters. The Morgan fingerprint density at radius 2 is 2.07 bits per heavy atom. The normalized spacial score (nSPS) is 20.2. The lowest BCUT2D eigenvalue weighted by Crippen LogP contribution is -2.44. The fraction of sp³-hybridized carbons (Fsp3) is 0.600. The van der Waals surface area contributed by atoms with E-state index < -0.39 is 0 Å². The molecule has 1 unspecified atom stereocenters. The number of benzene rings is 1. The van der Waals surface area contributed by atoms with Crippen LogP contribution < -0.4 is 10.6 Å². The first-order valence-corrected chi connectivity index (χ1v) is 9.97. The highest BCUT2D eigenvalue weighted by atomic mass is 127. The van der Waals surface area contributed by atoms with Gasteiger partial charge in [0.25, 0.3) is 0 Å². The van der Waals surface area contributed by atoms with E-state index in [1.807, 2.05) is 18.2 Å². The van der Waals surface area contributed by atoms with Crippen molar-refractivity contribution in [3.8, 4) is 0 Å². The van der Waals surface area contributed by atoms with Crippen LogP contribution in [0.5, 0.6) is 0 Å². The molecule has 1 aromatic rings. The van der Waals surface area contributed by atoms with Gasteiger partial charge in [-0.05, 0) is 37.3 Å². The number of carbonyl (C=O) groups is 1. The first-order valence-electron chi connectivity index (χ1n) is 9.59. The van der Waals surface area contributed by atoms with Gasteiger partial charge in [-0.1, -0.05) is 29.8 Å². The molecule has 3 rings (SSSR count). The van der Waals surface area contributed by atoms with Crippen molar-refractivity contribution in [1.29, 1.82) is 0 Å². The first-order chi connectivity index (χ1) is 13.0. The van der Waals surface area contributed by atoms with Crippen molar-refractivity contribution in [2.45, 2.75) is 37.2 Å². The average molecular weight is 521 g/mol. The van der Waals surface area contributed by atoms with E-state index in [2.05, 4.69) is 21.7 Å². The summed E-state index contributed by atoms with van der Waals surface area (Å²) in [6, 6.07) is 8.03. The third-order valence-corrected chi connectivity index (χ3v) is 5.61. The van der Waals surface area contributed by atoms with E-state index >= 15 is 0 Å². The summed E-state index contributed by atoms with van der Waals surface area (Å²) in [5.74, 6) is 0.625. The Bertz CT molecular complexity index is 689. The van der Waals surface area contributed by atoms with E-state index in [-0.39, 0.29) is 47.9 Å². The molecule has 156 valence electrons. The number of ether oxygens (including phenoxy) is 1. The molecule has 0 bridgehead atoms. The number of nitrogens with one attached hydrogen (secondary N) is 2. The molecule has 28 heavy (non-hydrogen) atoms. The van der Waals surface area contributed by atoms with E-state index in [0.717, 1.165) is 43.9 Å². The molecule has 2 fully saturated rings. The van der Waals surface area contributed by atoms with Crippen LogP contribution in [0.1, 0.15) is 31.2 Å². The van der Waals surface area contributed by atoms with Gasteiger partial charge >= 0.3 is 0 Å². The van der Waals surface area contributed by atoms with Gasteiger partial charge in [-0.2, -0.15) is 0 Å². The fourth-order valence-electron chi connectivity index (χ4n) is 3.31. The summed E-state index contributed by atoms with van der Waals surface area (Å²) in [6.07, 6.45) is 4.56. The molecule has 1 saturated carbocycles. The van der Waals surface area contributed by atoms with Crippen molar-refractivity contribution in [2.75, 3.05) is 40.3 Å². The summed E-state index contributed by atoms with van der Waals surface area (Å²) >= 11 is 6.41. The van der Waals surface area contributed by atoms with Gasteiger partial charge < -0.3 is 20.3 Å². The minimum atomic E-state index is -0.0274. The van der Waals surface area contributed by atoms with Crippen molar-refractivity contribution >= 4 is 47.4 Å².